The van der Waals surface area contributed by atoms with Crippen molar-refractivity contribution in [2.24, 2.45) is 0 Å². The van der Waals surface area contributed by atoms with Crippen LogP contribution in [0, 0.1) is 11.6 Å². The number of carbonyl (C=O) groups excluding carboxylic acids is 1. The van der Waals surface area contributed by atoms with Crippen LogP contribution in [0.3, 0.4) is 0 Å². The van der Waals surface area contributed by atoms with Gasteiger partial charge in [0.15, 0.2) is 5.78 Å². The maximum absolute atomic E-state index is 14.4. The SMILES string of the molecule is COc1ccc(/C=C/C(=O)c2cc(-c3ccccc3F)ccc2N2CCN(C)CC2)c(F)c1. The van der Waals surface area contributed by atoms with Crippen molar-refractivity contribution in [3.8, 4) is 16.9 Å². The van der Waals surface area contributed by atoms with Gasteiger partial charge in [0, 0.05) is 54.6 Å². The summed E-state index contributed by atoms with van der Waals surface area (Å²) >= 11 is 0. The molecule has 1 aliphatic heterocycles. The minimum Gasteiger partial charge on any atom is -0.497 e. The van der Waals surface area contributed by atoms with Crippen LogP contribution < -0.4 is 9.64 Å². The Kier molecular flexibility index (Phi) is 6.84. The molecule has 0 radical (unpaired) electrons. The molecule has 0 amide bonds. The Bertz CT molecular complexity index is 1180. The lowest BCUT2D eigenvalue weighted by Gasteiger charge is -2.35. The Hall–Kier alpha value is -3.51. The summed E-state index contributed by atoms with van der Waals surface area (Å²) in [6.07, 6.45) is 2.82. The van der Waals surface area contributed by atoms with Gasteiger partial charge in [0.05, 0.1) is 7.11 Å². The molecule has 1 saturated heterocycles. The van der Waals surface area contributed by atoms with Crippen LogP contribution in [0.25, 0.3) is 17.2 Å². The normalized spacial score (nSPS) is 14.6. The Morgan fingerprint density at radius 3 is 2.39 bits per heavy atom. The molecule has 170 valence electrons. The number of benzene rings is 3. The van der Waals surface area contributed by atoms with Gasteiger partial charge in [-0.25, -0.2) is 8.78 Å². The van der Waals surface area contributed by atoms with Crippen molar-refractivity contribution < 1.29 is 18.3 Å². The van der Waals surface area contributed by atoms with Gasteiger partial charge < -0.3 is 14.5 Å². The summed E-state index contributed by atoms with van der Waals surface area (Å²) < 4.78 is 33.8. The van der Waals surface area contributed by atoms with Crippen molar-refractivity contribution in [1.82, 2.24) is 4.90 Å². The number of piperazine rings is 1. The van der Waals surface area contributed by atoms with E-state index in [0.29, 0.717) is 22.4 Å². The molecule has 0 spiro atoms. The Morgan fingerprint density at radius 1 is 0.939 bits per heavy atom. The van der Waals surface area contributed by atoms with Crippen molar-refractivity contribution in [1.29, 1.82) is 0 Å². The number of hydrogen-bond donors (Lipinski definition) is 0. The summed E-state index contributed by atoms with van der Waals surface area (Å²) in [4.78, 5) is 17.7. The van der Waals surface area contributed by atoms with E-state index in [-0.39, 0.29) is 17.2 Å². The molecule has 0 aliphatic carbocycles. The van der Waals surface area contributed by atoms with E-state index >= 15 is 0 Å². The third-order valence-corrected chi connectivity index (χ3v) is 5.91. The maximum Gasteiger partial charge on any atom is 0.187 e. The van der Waals surface area contributed by atoms with Crippen molar-refractivity contribution in [2.45, 2.75) is 0 Å². The smallest absolute Gasteiger partial charge is 0.187 e. The van der Waals surface area contributed by atoms with Crippen LogP contribution in [0.5, 0.6) is 5.75 Å². The minimum atomic E-state index is -0.474. The minimum absolute atomic E-state index is 0.266. The number of rotatable bonds is 6. The lowest BCUT2D eigenvalue weighted by molar-refractivity contribution is 0.104. The van der Waals surface area contributed by atoms with Crippen LogP contribution in [-0.2, 0) is 0 Å². The van der Waals surface area contributed by atoms with Crippen LogP contribution in [0.2, 0.25) is 0 Å². The van der Waals surface area contributed by atoms with Gasteiger partial charge in [-0.2, -0.15) is 0 Å². The number of likely N-dealkylation sites (N-methyl/N-ethyl adjacent to an activating group) is 1. The molecule has 0 atom stereocenters. The number of halogens is 2. The third kappa shape index (κ3) is 5.12. The van der Waals surface area contributed by atoms with Gasteiger partial charge in [0.2, 0.25) is 0 Å². The molecule has 1 heterocycles. The number of allylic oxidation sites excluding steroid dienone is 1. The molecule has 0 aromatic heterocycles. The molecule has 4 rings (SSSR count). The van der Waals surface area contributed by atoms with Gasteiger partial charge in [-0.05, 0) is 55.1 Å². The molecule has 0 bridgehead atoms. The fourth-order valence-electron chi connectivity index (χ4n) is 3.94. The first-order chi connectivity index (χ1) is 16.0. The van der Waals surface area contributed by atoms with E-state index in [2.05, 4.69) is 16.8 Å². The molecular weight excluding hydrogens is 422 g/mol. The Balaban J connectivity index is 1.71. The second-order valence-electron chi connectivity index (χ2n) is 8.09. The highest BCUT2D eigenvalue weighted by Crippen LogP contribution is 2.30. The summed E-state index contributed by atoms with van der Waals surface area (Å²) in [6, 6.07) is 16.4. The van der Waals surface area contributed by atoms with E-state index in [1.54, 1.807) is 36.4 Å². The number of anilines is 1. The Morgan fingerprint density at radius 2 is 1.70 bits per heavy atom. The van der Waals surface area contributed by atoms with Gasteiger partial charge in [-0.1, -0.05) is 24.3 Å². The monoisotopic (exact) mass is 448 g/mol. The van der Waals surface area contributed by atoms with Crippen LogP contribution >= 0.6 is 0 Å². The number of ketones is 1. The van der Waals surface area contributed by atoms with Crippen molar-refractivity contribution in [3.63, 3.8) is 0 Å². The summed E-state index contributed by atoms with van der Waals surface area (Å²) in [6.45, 7) is 3.34. The second-order valence-corrected chi connectivity index (χ2v) is 8.09. The average molecular weight is 449 g/mol. The second kappa shape index (κ2) is 9.96. The van der Waals surface area contributed by atoms with E-state index in [1.165, 1.54) is 31.4 Å². The molecule has 4 nitrogen and oxygen atoms in total. The molecule has 0 unspecified atom stereocenters. The zero-order valence-electron chi connectivity index (χ0n) is 18.7. The number of carbonyl (C=O) groups is 1. The summed E-state index contributed by atoms with van der Waals surface area (Å²) in [5.74, 6) is -0.680. The molecular formula is C27H26F2N2O2. The number of nitrogens with zero attached hydrogens (tertiary/aromatic N) is 2. The summed E-state index contributed by atoms with van der Waals surface area (Å²) in [7, 11) is 3.53. The molecule has 3 aromatic carbocycles. The lowest BCUT2D eigenvalue weighted by Crippen LogP contribution is -2.45. The number of ether oxygens (including phenoxy) is 1. The molecule has 33 heavy (non-hydrogen) atoms. The molecule has 0 saturated carbocycles. The van der Waals surface area contributed by atoms with Crippen LogP contribution in [0.4, 0.5) is 14.5 Å². The molecule has 3 aromatic rings. The van der Waals surface area contributed by atoms with Gasteiger partial charge in [0.1, 0.15) is 17.4 Å². The van der Waals surface area contributed by atoms with Crippen molar-refractivity contribution in [2.75, 3.05) is 45.2 Å². The van der Waals surface area contributed by atoms with Crippen molar-refractivity contribution in [3.05, 3.63) is 89.5 Å². The average Bonchev–Trinajstić information content (AvgIpc) is 2.83. The maximum atomic E-state index is 14.4. The van der Waals surface area contributed by atoms with Crippen LogP contribution in [-0.4, -0.2) is 51.0 Å². The van der Waals surface area contributed by atoms with Crippen LogP contribution in [0.1, 0.15) is 15.9 Å². The van der Waals surface area contributed by atoms with Crippen molar-refractivity contribution >= 4 is 17.5 Å². The first-order valence-corrected chi connectivity index (χ1v) is 10.8. The standard InChI is InChI=1S/C27H26F2N2O2/c1-30-13-15-31(16-14-30)26-11-8-20(22-5-3-4-6-24(22)28)17-23(26)27(32)12-9-19-7-10-21(33-2)18-25(19)29/h3-12,17-18H,13-16H2,1-2H3/b12-9+. The molecule has 6 heteroatoms. The first-order valence-electron chi connectivity index (χ1n) is 10.8. The van der Waals surface area contributed by atoms with E-state index in [9.17, 15) is 13.6 Å². The van der Waals surface area contributed by atoms with E-state index < -0.39 is 5.82 Å². The molecule has 0 N–H and O–H groups in total. The van der Waals surface area contributed by atoms with Gasteiger partial charge >= 0.3 is 0 Å². The number of methoxy groups -OCH3 is 1. The predicted molar refractivity (Wildman–Crippen MR) is 128 cm³/mol. The third-order valence-electron chi connectivity index (χ3n) is 5.91. The Labute approximate surface area is 192 Å². The zero-order chi connectivity index (χ0) is 23.4. The topological polar surface area (TPSA) is 32.8 Å². The van der Waals surface area contributed by atoms with E-state index in [1.807, 2.05) is 12.1 Å². The first kappa shape index (κ1) is 22.7. The van der Waals surface area contributed by atoms with Gasteiger partial charge in [0.25, 0.3) is 0 Å². The van der Waals surface area contributed by atoms with Gasteiger partial charge in [-0.15, -0.1) is 0 Å². The van der Waals surface area contributed by atoms with Gasteiger partial charge in [-0.3, -0.25) is 4.79 Å². The van der Waals surface area contributed by atoms with E-state index in [0.717, 1.165) is 31.9 Å². The highest BCUT2D eigenvalue weighted by Gasteiger charge is 2.20. The molecule has 1 fully saturated rings. The lowest BCUT2D eigenvalue weighted by atomic mass is 9.98. The predicted octanol–water partition coefficient (Wildman–Crippen LogP) is 5.29. The highest BCUT2D eigenvalue weighted by atomic mass is 19.1. The summed E-state index contributed by atoms with van der Waals surface area (Å²) in [5, 5.41) is 0. The fraction of sp³-hybridized carbons (Fsp3) is 0.222. The van der Waals surface area contributed by atoms with E-state index in [4.69, 9.17) is 4.74 Å². The van der Waals surface area contributed by atoms with Crippen LogP contribution in [0.15, 0.2) is 66.7 Å². The highest BCUT2D eigenvalue weighted by molar-refractivity contribution is 6.11. The largest absolute Gasteiger partial charge is 0.497 e. The summed E-state index contributed by atoms with van der Waals surface area (Å²) in [5.41, 5.74) is 2.61. The fourth-order valence-corrected chi connectivity index (χ4v) is 3.94. The quantitative estimate of drug-likeness (QED) is 0.379. The number of hydrogen-bond acceptors (Lipinski definition) is 4. The molecule has 1 aliphatic rings. The zero-order valence-corrected chi connectivity index (χ0v) is 18.7.